The monoisotopic (exact) mass is 288 g/mol. The molecular weight excluding hydrogens is 268 g/mol. The van der Waals surface area contributed by atoms with Crippen LogP contribution in [0.4, 0.5) is 11.4 Å². The van der Waals surface area contributed by atoms with Crippen molar-refractivity contribution >= 4 is 11.4 Å². The van der Waals surface area contributed by atoms with Crippen LogP contribution < -0.4 is 25.3 Å². The summed E-state index contributed by atoms with van der Waals surface area (Å²) in [6.45, 7) is 0.636. The summed E-state index contributed by atoms with van der Waals surface area (Å²) in [5, 5.41) is 3.29. The van der Waals surface area contributed by atoms with Gasteiger partial charge in [-0.15, -0.1) is 0 Å². The third-order valence-electron chi connectivity index (χ3n) is 3.19. The third kappa shape index (κ3) is 3.51. The number of nitrogen functional groups attached to an aromatic ring is 1. The maximum Gasteiger partial charge on any atom is 0.161 e. The van der Waals surface area contributed by atoms with Crippen LogP contribution >= 0.6 is 0 Å². The Kier molecular flexibility index (Phi) is 4.77. The molecule has 0 saturated carbocycles. The van der Waals surface area contributed by atoms with Gasteiger partial charge in [0, 0.05) is 12.6 Å². The molecule has 21 heavy (non-hydrogen) atoms. The Morgan fingerprint density at radius 1 is 0.905 bits per heavy atom. The molecule has 2 aromatic rings. The normalized spacial score (nSPS) is 10.0. The van der Waals surface area contributed by atoms with E-state index >= 15 is 0 Å². The SMILES string of the molecule is COc1ccc(NCc2ccc(OC)c(OC)c2)c(N)c1. The third-order valence-corrected chi connectivity index (χ3v) is 3.19. The first-order valence-corrected chi connectivity index (χ1v) is 6.56. The van der Waals surface area contributed by atoms with Crippen molar-refractivity contribution in [3.63, 3.8) is 0 Å². The van der Waals surface area contributed by atoms with Gasteiger partial charge < -0.3 is 25.3 Å². The molecule has 0 spiro atoms. The maximum atomic E-state index is 5.98. The van der Waals surface area contributed by atoms with Gasteiger partial charge in [-0.3, -0.25) is 0 Å². The first kappa shape index (κ1) is 14.8. The Morgan fingerprint density at radius 2 is 1.67 bits per heavy atom. The van der Waals surface area contributed by atoms with Gasteiger partial charge in [-0.2, -0.15) is 0 Å². The summed E-state index contributed by atoms with van der Waals surface area (Å²) in [6, 6.07) is 11.4. The Morgan fingerprint density at radius 3 is 2.29 bits per heavy atom. The predicted molar refractivity (Wildman–Crippen MR) is 84.3 cm³/mol. The van der Waals surface area contributed by atoms with Gasteiger partial charge in [-0.05, 0) is 29.8 Å². The number of anilines is 2. The minimum absolute atomic E-state index is 0.636. The van der Waals surface area contributed by atoms with E-state index in [4.69, 9.17) is 19.9 Å². The Labute approximate surface area is 124 Å². The number of nitrogens with one attached hydrogen (secondary N) is 1. The van der Waals surface area contributed by atoms with Crippen molar-refractivity contribution in [1.29, 1.82) is 0 Å². The summed E-state index contributed by atoms with van der Waals surface area (Å²) >= 11 is 0. The topological polar surface area (TPSA) is 65.7 Å². The summed E-state index contributed by atoms with van der Waals surface area (Å²) in [7, 11) is 4.86. The molecule has 112 valence electrons. The lowest BCUT2D eigenvalue weighted by molar-refractivity contribution is 0.354. The van der Waals surface area contributed by atoms with E-state index in [0.717, 1.165) is 17.0 Å². The second kappa shape index (κ2) is 6.74. The van der Waals surface area contributed by atoms with Crippen molar-refractivity contribution in [3.05, 3.63) is 42.0 Å². The predicted octanol–water partition coefficient (Wildman–Crippen LogP) is 2.91. The standard InChI is InChI=1S/C16H20N2O3/c1-19-12-5-6-14(13(17)9-12)18-10-11-4-7-15(20-2)16(8-11)21-3/h4-9,18H,10,17H2,1-3H3. The number of benzene rings is 2. The molecule has 5 nitrogen and oxygen atoms in total. The molecule has 2 rings (SSSR count). The van der Waals surface area contributed by atoms with Crippen molar-refractivity contribution in [2.75, 3.05) is 32.4 Å². The van der Waals surface area contributed by atoms with Gasteiger partial charge >= 0.3 is 0 Å². The zero-order valence-corrected chi connectivity index (χ0v) is 12.5. The van der Waals surface area contributed by atoms with Crippen LogP contribution in [-0.4, -0.2) is 21.3 Å². The maximum absolute atomic E-state index is 5.98. The summed E-state index contributed by atoms with van der Waals surface area (Å²) in [5.41, 5.74) is 8.56. The fourth-order valence-electron chi connectivity index (χ4n) is 2.02. The van der Waals surface area contributed by atoms with Crippen LogP contribution in [0.15, 0.2) is 36.4 Å². The van der Waals surface area contributed by atoms with Gasteiger partial charge in [0.15, 0.2) is 11.5 Å². The molecule has 0 aliphatic heterocycles. The largest absolute Gasteiger partial charge is 0.497 e. The lowest BCUT2D eigenvalue weighted by Gasteiger charge is -2.12. The van der Waals surface area contributed by atoms with E-state index < -0.39 is 0 Å². The fourth-order valence-corrected chi connectivity index (χ4v) is 2.02. The molecule has 0 atom stereocenters. The highest BCUT2D eigenvalue weighted by Crippen LogP contribution is 2.29. The average Bonchev–Trinajstić information content (AvgIpc) is 2.53. The molecule has 3 N–H and O–H groups in total. The van der Waals surface area contributed by atoms with Crippen LogP contribution in [0.3, 0.4) is 0 Å². The van der Waals surface area contributed by atoms with Gasteiger partial charge in [0.25, 0.3) is 0 Å². The lowest BCUT2D eigenvalue weighted by atomic mass is 10.2. The van der Waals surface area contributed by atoms with Gasteiger partial charge in [-0.1, -0.05) is 6.07 Å². The van der Waals surface area contributed by atoms with Crippen molar-refractivity contribution in [3.8, 4) is 17.2 Å². The number of methoxy groups -OCH3 is 3. The molecule has 0 fully saturated rings. The lowest BCUT2D eigenvalue weighted by Crippen LogP contribution is -2.03. The highest BCUT2D eigenvalue weighted by Gasteiger charge is 2.05. The van der Waals surface area contributed by atoms with Gasteiger partial charge in [0.2, 0.25) is 0 Å². The average molecular weight is 288 g/mol. The molecule has 0 aliphatic rings. The Hall–Kier alpha value is -2.56. The second-order valence-electron chi connectivity index (χ2n) is 4.50. The van der Waals surface area contributed by atoms with E-state index in [9.17, 15) is 0 Å². The Bertz CT molecular complexity index is 614. The highest BCUT2D eigenvalue weighted by atomic mass is 16.5. The highest BCUT2D eigenvalue weighted by molar-refractivity contribution is 5.68. The van der Waals surface area contributed by atoms with E-state index in [1.54, 1.807) is 27.4 Å². The van der Waals surface area contributed by atoms with Crippen LogP contribution in [-0.2, 0) is 6.54 Å². The van der Waals surface area contributed by atoms with Crippen molar-refractivity contribution in [1.82, 2.24) is 0 Å². The van der Waals surface area contributed by atoms with Crippen molar-refractivity contribution < 1.29 is 14.2 Å². The molecule has 0 bridgehead atoms. The smallest absolute Gasteiger partial charge is 0.161 e. The number of rotatable bonds is 6. The van der Waals surface area contributed by atoms with E-state index in [2.05, 4.69) is 5.32 Å². The van der Waals surface area contributed by atoms with Crippen LogP contribution in [0.2, 0.25) is 0 Å². The molecule has 0 saturated heterocycles. The Balaban J connectivity index is 2.09. The van der Waals surface area contributed by atoms with E-state index in [1.807, 2.05) is 30.3 Å². The van der Waals surface area contributed by atoms with Crippen LogP contribution in [0.25, 0.3) is 0 Å². The molecule has 0 aliphatic carbocycles. The zero-order valence-electron chi connectivity index (χ0n) is 12.5. The molecule has 5 heteroatoms. The minimum atomic E-state index is 0.636. The minimum Gasteiger partial charge on any atom is -0.497 e. The molecule has 0 amide bonds. The molecule has 2 aromatic carbocycles. The summed E-state index contributed by atoms with van der Waals surface area (Å²) in [6.07, 6.45) is 0. The van der Waals surface area contributed by atoms with Gasteiger partial charge in [-0.25, -0.2) is 0 Å². The molecule has 0 aromatic heterocycles. The number of nitrogens with two attached hydrogens (primary N) is 1. The van der Waals surface area contributed by atoms with Crippen molar-refractivity contribution in [2.45, 2.75) is 6.54 Å². The second-order valence-corrected chi connectivity index (χ2v) is 4.50. The molecule has 0 heterocycles. The molecule has 0 unspecified atom stereocenters. The number of hydrogen-bond acceptors (Lipinski definition) is 5. The summed E-state index contributed by atoms with van der Waals surface area (Å²) in [5.74, 6) is 2.16. The number of hydrogen-bond donors (Lipinski definition) is 2. The quantitative estimate of drug-likeness (QED) is 0.800. The summed E-state index contributed by atoms with van der Waals surface area (Å²) < 4.78 is 15.6. The van der Waals surface area contributed by atoms with E-state index in [0.29, 0.717) is 23.7 Å². The van der Waals surface area contributed by atoms with Gasteiger partial charge in [0.1, 0.15) is 5.75 Å². The molecule has 0 radical (unpaired) electrons. The van der Waals surface area contributed by atoms with Crippen LogP contribution in [0.5, 0.6) is 17.2 Å². The fraction of sp³-hybridized carbons (Fsp3) is 0.250. The van der Waals surface area contributed by atoms with Crippen molar-refractivity contribution in [2.24, 2.45) is 0 Å². The van der Waals surface area contributed by atoms with Crippen LogP contribution in [0.1, 0.15) is 5.56 Å². The zero-order chi connectivity index (χ0) is 15.2. The van der Waals surface area contributed by atoms with E-state index in [-0.39, 0.29) is 0 Å². The van der Waals surface area contributed by atoms with Gasteiger partial charge in [0.05, 0.1) is 32.7 Å². The summed E-state index contributed by atoms with van der Waals surface area (Å²) in [4.78, 5) is 0. The first-order valence-electron chi connectivity index (χ1n) is 6.56. The number of ether oxygens (including phenoxy) is 3. The molecular formula is C16H20N2O3. The van der Waals surface area contributed by atoms with E-state index in [1.165, 1.54) is 0 Å². The van der Waals surface area contributed by atoms with Crippen LogP contribution in [0, 0.1) is 0 Å². The first-order chi connectivity index (χ1) is 10.2.